The SMILES string of the molecule is COc1ccc(-c2csc(C=O)c2)cc1O. The van der Waals surface area contributed by atoms with Crippen molar-refractivity contribution in [3.8, 4) is 22.6 Å². The monoisotopic (exact) mass is 234 g/mol. The lowest BCUT2D eigenvalue weighted by Gasteiger charge is -2.04. The maximum atomic E-state index is 10.6. The molecular formula is C12H10O3S. The van der Waals surface area contributed by atoms with Crippen molar-refractivity contribution < 1.29 is 14.6 Å². The summed E-state index contributed by atoms with van der Waals surface area (Å²) < 4.78 is 4.96. The Morgan fingerprint density at radius 3 is 2.69 bits per heavy atom. The Hall–Kier alpha value is -1.81. The number of methoxy groups -OCH3 is 1. The van der Waals surface area contributed by atoms with Gasteiger partial charge in [0.25, 0.3) is 0 Å². The van der Waals surface area contributed by atoms with E-state index in [9.17, 15) is 9.90 Å². The summed E-state index contributed by atoms with van der Waals surface area (Å²) in [4.78, 5) is 11.2. The van der Waals surface area contributed by atoms with Crippen molar-refractivity contribution >= 4 is 17.6 Å². The summed E-state index contributed by atoms with van der Waals surface area (Å²) in [6.45, 7) is 0. The standard InChI is InChI=1S/C12H10O3S/c1-15-12-3-2-8(5-11(12)14)9-4-10(6-13)16-7-9/h2-7,14H,1H3. The van der Waals surface area contributed by atoms with Crippen molar-refractivity contribution in [1.29, 1.82) is 0 Å². The molecule has 0 bridgehead atoms. The van der Waals surface area contributed by atoms with E-state index < -0.39 is 0 Å². The van der Waals surface area contributed by atoms with Gasteiger partial charge in [-0.2, -0.15) is 0 Å². The summed E-state index contributed by atoms with van der Waals surface area (Å²) in [6, 6.07) is 6.95. The number of carbonyl (C=O) groups excluding carboxylic acids is 1. The second-order valence-electron chi connectivity index (χ2n) is 3.24. The van der Waals surface area contributed by atoms with Gasteiger partial charge in [0.15, 0.2) is 17.8 Å². The second kappa shape index (κ2) is 4.37. The van der Waals surface area contributed by atoms with E-state index in [1.807, 2.05) is 11.4 Å². The first-order valence-electron chi connectivity index (χ1n) is 4.65. The van der Waals surface area contributed by atoms with Crippen molar-refractivity contribution in [2.75, 3.05) is 7.11 Å². The minimum atomic E-state index is 0.0962. The summed E-state index contributed by atoms with van der Waals surface area (Å²) >= 11 is 1.38. The minimum Gasteiger partial charge on any atom is -0.504 e. The fraction of sp³-hybridized carbons (Fsp3) is 0.0833. The van der Waals surface area contributed by atoms with Crippen LogP contribution in [0.4, 0.5) is 0 Å². The predicted molar refractivity (Wildman–Crippen MR) is 63.4 cm³/mol. The van der Waals surface area contributed by atoms with E-state index in [0.29, 0.717) is 10.6 Å². The van der Waals surface area contributed by atoms with Gasteiger partial charge in [-0.25, -0.2) is 0 Å². The van der Waals surface area contributed by atoms with Crippen LogP contribution in [0.1, 0.15) is 9.67 Å². The van der Waals surface area contributed by atoms with Crippen molar-refractivity contribution in [3.63, 3.8) is 0 Å². The molecule has 16 heavy (non-hydrogen) atoms. The number of carbonyl (C=O) groups is 1. The maximum absolute atomic E-state index is 10.6. The Bertz CT molecular complexity index is 517. The van der Waals surface area contributed by atoms with Crippen LogP contribution in [-0.2, 0) is 0 Å². The van der Waals surface area contributed by atoms with E-state index in [1.54, 1.807) is 18.2 Å². The predicted octanol–water partition coefficient (Wildman–Crippen LogP) is 2.94. The Morgan fingerprint density at radius 1 is 1.31 bits per heavy atom. The fourth-order valence-corrected chi connectivity index (χ4v) is 2.15. The molecule has 4 heteroatoms. The van der Waals surface area contributed by atoms with Gasteiger partial charge in [0, 0.05) is 0 Å². The van der Waals surface area contributed by atoms with Crippen molar-refractivity contribution in [3.05, 3.63) is 34.5 Å². The van der Waals surface area contributed by atoms with Gasteiger partial charge < -0.3 is 9.84 Å². The summed E-state index contributed by atoms with van der Waals surface area (Å²) in [5.41, 5.74) is 1.78. The molecule has 0 aliphatic carbocycles. The molecule has 0 fully saturated rings. The number of aldehydes is 1. The van der Waals surface area contributed by atoms with E-state index in [4.69, 9.17) is 4.74 Å². The molecule has 0 aliphatic rings. The Kier molecular flexibility index (Phi) is 2.92. The molecule has 0 amide bonds. The quantitative estimate of drug-likeness (QED) is 0.830. The van der Waals surface area contributed by atoms with Crippen molar-refractivity contribution in [2.45, 2.75) is 0 Å². The molecule has 1 heterocycles. The van der Waals surface area contributed by atoms with Crippen molar-refractivity contribution in [2.24, 2.45) is 0 Å². The van der Waals surface area contributed by atoms with Gasteiger partial charge in [-0.05, 0) is 34.7 Å². The molecule has 2 rings (SSSR count). The maximum Gasteiger partial charge on any atom is 0.160 e. The van der Waals surface area contributed by atoms with Gasteiger partial charge in [0.05, 0.1) is 12.0 Å². The van der Waals surface area contributed by atoms with Gasteiger partial charge in [-0.3, -0.25) is 4.79 Å². The zero-order valence-corrected chi connectivity index (χ0v) is 9.45. The van der Waals surface area contributed by atoms with E-state index in [-0.39, 0.29) is 5.75 Å². The summed E-state index contributed by atoms with van der Waals surface area (Å²) in [7, 11) is 1.50. The lowest BCUT2D eigenvalue weighted by atomic mass is 10.1. The average Bonchev–Trinajstić information content (AvgIpc) is 2.77. The molecule has 0 saturated carbocycles. The zero-order chi connectivity index (χ0) is 11.5. The molecule has 82 valence electrons. The van der Waals surface area contributed by atoms with Crippen LogP contribution in [0.5, 0.6) is 11.5 Å². The first kappa shape index (κ1) is 10.7. The summed E-state index contributed by atoms with van der Waals surface area (Å²) in [6.07, 6.45) is 0.817. The molecular weight excluding hydrogens is 224 g/mol. The minimum absolute atomic E-state index is 0.0962. The molecule has 2 aromatic rings. The lowest BCUT2D eigenvalue weighted by Crippen LogP contribution is -1.83. The van der Waals surface area contributed by atoms with Gasteiger partial charge in [0.1, 0.15) is 0 Å². The highest BCUT2D eigenvalue weighted by atomic mass is 32.1. The smallest absolute Gasteiger partial charge is 0.160 e. The molecule has 1 N–H and O–H groups in total. The largest absolute Gasteiger partial charge is 0.504 e. The number of phenols is 1. The van der Waals surface area contributed by atoms with Gasteiger partial charge in [0.2, 0.25) is 0 Å². The van der Waals surface area contributed by atoms with Crippen molar-refractivity contribution in [1.82, 2.24) is 0 Å². The third-order valence-electron chi connectivity index (χ3n) is 2.25. The second-order valence-corrected chi connectivity index (χ2v) is 4.19. The van der Waals surface area contributed by atoms with Crippen LogP contribution in [-0.4, -0.2) is 18.5 Å². The third-order valence-corrected chi connectivity index (χ3v) is 3.11. The molecule has 0 saturated heterocycles. The normalized spacial score (nSPS) is 10.1. The lowest BCUT2D eigenvalue weighted by molar-refractivity contribution is 0.112. The number of aromatic hydroxyl groups is 1. The van der Waals surface area contributed by atoms with E-state index >= 15 is 0 Å². The number of rotatable bonds is 3. The van der Waals surface area contributed by atoms with E-state index in [1.165, 1.54) is 18.4 Å². The first-order chi connectivity index (χ1) is 7.74. The fourth-order valence-electron chi connectivity index (χ4n) is 1.44. The Morgan fingerprint density at radius 2 is 2.12 bits per heavy atom. The highest BCUT2D eigenvalue weighted by molar-refractivity contribution is 7.12. The molecule has 3 nitrogen and oxygen atoms in total. The van der Waals surface area contributed by atoms with E-state index in [2.05, 4.69) is 0 Å². The first-order valence-corrected chi connectivity index (χ1v) is 5.53. The Balaban J connectivity index is 2.40. The zero-order valence-electron chi connectivity index (χ0n) is 8.64. The number of phenolic OH excluding ortho intramolecular Hbond substituents is 1. The molecule has 0 aliphatic heterocycles. The van der Waals surface area contributed by atoms with Crippen LogP contribution >= 0.6 is 11.3 Å². The van der Waals surface area contributed by atoms with Crippen LogP contribution in [0.2, 0.25) is 0 Å². The van der Waals surface area contributed by atoms with Crippen LogP contribution in [0.15, 0.2) is 29.6 Å². The molecule has 1 aromatic heterocycles. The highest BCUT2D eigenvalue weighted by Gasteiger charge is 2.06. The van der Waals surface area contributed by atoms with Crippen LogP contribution in [0.3, 0.4) is 0 Å². The van der Waals surface area contributed by atoms with E-state index in [0.717, 1.165) is 17.4 Å². The molecule has 0 atom stereocenters. The third kappa shape index (κ3) is 1.92. The summed E-state index contributed by atoms with van der Waals surface area (Å²) in [5, 5.41) is 11.5. The molecule has 0 spiro atoms. The average molecular weight is 234 g/mol. The van der Waals surface area contributed by atoms with Gasteiger partial charge >= 0.3 is 0 Å². The number of thiophene rings is 1. The van der Waals surface area contributed by atoms with Gasteiger partial charge in [-0.15, -0.1) is 11.3 Å². The number of ether oxygens (including phenoxy) is 1. The summed E-state index contributed by atoms with van der Waals surface area (Å²) in [5.74, 6) is 0.536. The number of benzene rings is 1. The van der Waals surface area contributed by atoms with Crippen LogP contribution < -0.4 is 4.74 Å². The highest BCUT2D eigenvalue weighted by Crippen LogP contribution is 2.32. The Labute approximate surface area is 96.9 Å². The number of hydrogen-bond donors (Lipinski definition) is 1. The molecule has 0 unspecified atom stereocenters. The molecule has 0 radical (unpaired) electrons. The number of hydrogen-bond acceptors (Lipinski definition) is 4. The van der Waals surface area contributed by atoms with Crippen LogP contribution in [0.25, 0.3) is 11.1 Å². The van der Waals surface area contributed by atoms with Gasteiger partial charge in [-0.1, -0.05) is 6.07 Å². The topological polar surface area (TPSA) is 46.5 Å². The molecule has 1 aromatic carbocycles. The van der Waals surface area contributed by atoms with Crippen LogP contribution in [0, 0.1) is 0 Å².